The highest BCUT2D eigenvalue weighted by Gasteiger charge is 2.24. The number of ether oxygens (including phenoxy) is 1. The van der Waals surface area contributed by atoms with Crippen molar-refractivity contribution in [1.29, 1.82) is 0 Å². The Labute approximate surface area is 107 Å². The summed E-state index contributed by atoms with van der Waals surface area (Å²) in [6.45, 7) is 1.43. The van der Waals surface area contributed by atoms with Crippen molar-refractivity contribution in [2.75, 3.05) is 0 Å². The quantitative estimate of drug-likeness (QED) is 0.559. The van der Waals surface area contributed by atoms with Crippen LogP contribution in [0.15, 0.2) is 24.3 Å². The van der Waals surface area contributed by atoms with E-state index in [1.807, 2.05) is 18.2 Å². The standard InChI is InChI=1S/C14H20O4/c1-11(15)18-13-9-6-8-12(13)7-4-2-3-5-10-14(16)17/h2-3,6,8,12-13H,4-5,7,9-10H2,1H3,(H,16,17)/b3-2-/t12-,13+/m0/s1. The van der Waals surface area contributed by atoms with Crippen LogP contribution in [0.1, 0.15) is 39.0 Å². The van der Waals surface area contributed by atoms with Crippen molar-refractivity contribution in [1.82, 2.24) is 0 Å². The maximum Gasteiger partial charge on any atom is 0.303 e. The van der Waals surface area contributed by atoms with E-state index in [0.29, 0.717) is 6.42 Å². The molecule has 0 heterocycles. The molecule has 0 unspecified atom stereocenters. The first kappa shape index (κ1) is 14.5. The minimum atomic E-state index is -0.770. The summed E-state index contributed by atoms with van der Waals surface area (Å²) >= 11 is 0. The van der Waals surface area contributed by atoms with Crippen molar-refractivity contribution in [2.45, 2.75) is 45.1 Å². The maximum atomic E-state index is 10.9. The lowest BCUT2D eigenvalue weighted by atomic mass is 10.00. The van der Waals surface area contributed by atoms with Gasteiger partial charge in [0.25, 0.3) is 0 Å². The average molecular weight is 252 g/mol. The Bertz CT molecular complexity index is 344. The molecule has 0 amide bonds. The fourth-order valence-corrected chi connectivity index (χ4v) is 2.05. The number of carbonyl (C=O) groups excluding carboxylic acids is 1. The van der Waals surface area contributed by atoms with E-state index in [4.69, 9.17) is 9.84 Å². The average Bonchev–Trinajstić information content (AvgIpc) is 2.69. The van der Waals surface area contributed by atoms with Crippen molar-refractivity contribution in [3.05, 3.63) is 24.3 Å². The molecule has 0 spiro atoms. The zero-order valence-corrected chi connectivity index (χ0v) is 10.7. The third-order valence-electron chi connectivity index (χ3n) is 2.90. The zero-order valence-electron chi connectivity index (χ0n) is 10.7. The normalized spacial score (nSPS) is 22.5. The second-order valence-corrected chi connectivity index (χ2v) is 4.46. The number of carbonyl (C=O) groups is 2. The fraction of sp³-hybridized carbons (Fsp3) is 0.571. The molecule has 0 saturated carbocycles. The highest BCUT2D eigenvalue weighted by atomic mass is 16.5. The molecule has 1 N–H and O–H groups in total. The van der Waals surface area contributed by atoms with Crippen molar-refractivity contribution >= 4 is 11.9 Å². The number of rotatable bonds is 7. The van der Waals surface area contributed by atoms with Gasteiger partial charge in [0.2, 0.25) is 0 Å². The van der Waals surface area contributed by atoms with Gasteiger partial charge >= 0.3 is 11.9 Å². The number of carboxylic acids is 1. The van der Waals surface area contributed by atoms with Crippen LogP contribution in [0.2, 0.25) is 0 Å². The molecule has 1 rings (SSSR count). The molecule has 100 valence electrons. The zero-order chi connectivity index (χ0) is 13.4. The summed E-state index contributed by atoms with van der Waals surface area (Å²) < 4.78 is 5.23. The molecule has 0 radical (unpaired) electrons. The van der Waals surface area contributed by atoms with Crippen LogP contribution in [0.3, 0.4) is 0 Å². The van der Waals surface area contributed by atoms with E-state index in [1.165, 1.54) is 6.92 Å². The Balaban J connectivity index is 2.19. The Morgan fingerprint density at radius 1 is 1.39 bits per heavy atom. The molecule has 2 atom stereocenters. The summed E-state index contributed by atoms with van der Waals surface area (Å²) in [6, 6.07) is 0. The van der Waals surface area contributed by atoms with Gasteiger partial charge in [0.15, 0.2) is 0 Å². The summed E-state index contributed by atoms with van der Waals surface area (Å²) in [6.07, 6.45) is 11.4. The predicted molar refractivity (Wildman–Crippen MR) is 68.0 cm³/mol. The monoisotopic (exact) mass is 252 g/mol. The highest BCUT2D eigenvalue weighted by molar-refractivity contribution is 5.66. The molecule has 0 aliphatic heterocycles. The Hall–Kier alpha value is -1.58. The van der Waals surface area contributed by atoms with E-state index < -0.39 is 5.97 Å². The molecule has 0 saturated heterocycles. The van der Waals surface area contributed by atoms with Crippen LogP contribution in [-0.4, -0.2) is 23.1 Å². The first-order chi connectivity index (χ1) is 8.59. The topological polar surface area (TPSA) is 63.6 Å². The van der Waals surface area contributed by atoms with Crippen molar-refractivity contribution < 1.29 is 19.4 Å². The van der Waals surface area contributed by atoms with E-state index in [2.05, 4.69) is 6.08 Å². The van der Waals surface area contributed by atoms with Gasteiger partial charge in [-0.3, -0.25) is 9.59 Å². The second-order valence-electron chi connectivity index (χ2n) is 4.46. The van der Waals surface area contributed by atoms with Gasteiger partial charge in [0.1, 0.15) is 6.10 Å². The molecule has 0 aromatic rings. The SMILES string of the molecule is CC(=O)O[C@@H]1CC=C[C@@H]1CC/C=C\CCC(=O)O. The fourth-order valence-electron chi connectivity index (χ4n) is 2.05. The molecule has 4 nitrogen and oxygen atoms in total. The number of carboxylic acid groups (broad SMARTS) is 1. The summed E-state index contributed by atoms with van der Waals surface area (Å²) in [5.74, 6) is -0.711. The first-order valence-electron chi connectivity index (χ1n) is 6.30. The summed E-state index contributed by atoms with van der Waals surface area (Å²) in [5, 5.41) is 8.47. The number of aliphatic carboxylic acids is 1. The predicted octanol–water partition coefficient (Wildman–Crippen LogP) is 2.70. The van der Waals surface area contributed by atoms with E-state index in [0.717, 1.165) is 19.3 Å². The molecule has 4 heteroatoms. The molecule has 18 heavy (non-hydrogen) atoms. The molecule has 0 fully saturated rings. The van der Waals surface area contributed by atoms with Crippen LogP contribution < -0.4 is 0 Å². The van der Waals surface area contributed by atoms with Gasteiger partial charge in [-0.15, -0.1) is 0 Å². The van der Waals surface area contributed by atoms with Crippen molar-refractivity contribution in [3.8, 4) is 0 Å². The van der Waals surface area contributed by atoms with Gasteiger partial charge in [-0.25, -0.2) is 0 Å². The van der Waals surface area contributed by atoms with Gasteiger partial charge in [-0.05, 0) is 19.3 Å². The largest absolute Gasteiger partial charge is 0.481 e. The molecular weight excluding hydrogens is 232 g/mol. The molecular formula is C14H20O4. The van der Waals surface area contributed by atoms with Crippen molar-refractivity contribution in [2.24, 2.45) is 5.92 Å². The smallest absolute Gasteiger partial charge is 0.303 e. The van der Waals surface area contributed by atoms with Gasteiger partial charge in [0.05, 0.1) is 0 Å². The summed E-state index contributed by atoms with van der Waals surface area (Å²) in [7, 11) is 0. The maximum absolute atomic E-state index is 10.9. The van der Waals surface area contributed by atoms with Crippen molar-refractivity contribution in [3.63, 3.8) is 0 Å². The van der Waals surface area contributed by atoms with Crippen LogP contribution in [0.5, 0.6) is 0 Å². The minimum absolute atomic E-state index is 0.0186. The Kier molecular flexibility index (Phi) is 6.19. The Morgan fingerprint density at radius 2 is 2.11 bits per heavy atom. The highest BCUT2D eigenvalue weighted by Crippen LogP contribution is 2.25. The second kappa shape index (κ2) is 7.69. The number of hydrogen-bond donors (Lipinski definition) is 1. The van der Waals surface area contributed by atoms with Gasteiger partial charge < -0.3 is 9.84 Å². The Morgan fingerprint density at radius 3 is 2.78 bits per heavy atom. The van der Waals surface area contributed by atoms with Crippen LogP contribution in [0.25, 0.3) is 0 Å². The molecule has 1 aliphatic carbocycles. The van der Waals surface area contributed by atoms with Crippen LogP contribution in [0, 0.1) is 5.92 Å². The van der Waals surface area contributed by atoms with Crippen LogP contribution in [-0.2, 0) is 14.3 Å². The van der Waals surface area contributed by atoms with E-state index in [1.54, 1.807) is 0 Å². The third kappa shape index (κ3) is 5.66. The number of esters is 1. The van der Waals surface area contributed by atoms with Gasteiger partial charge in [-0.2, -0.15) is 0 Å². The first-order valence-corrected chi connectivity index (χ1v) is 6.30. The van der Waals surface area contributed by atoms with E-state index >= 15 is 0 Å². The van der Waals surface area contributed by atoms with E-state index in [9.17, 15) is 9.59 Å². The molecule has 0 aromatic carbocycles. The minimum Gasteiger partial charge on any atom is -0.481 e. The lowest BCUT2D eigenvalue weighted by Gasteiger charge is -2.18. The lowest BCUT2D eigenvalue weighted by molar-refractivity contribution is -0.147. The number of hydrogen-bond acceptors (Lipinski definition) is 3. The van der Waals surface area contributed by atoms with Crippen LogP contribution >= 0.6 is 0 Å². The summed E-state index contributed by atoms with van der Waals surface area (Å²) in [4.78, 5) is 21.2. The number of allylic oxidation sites excluding steroid dienone is 2. The van der Waals surface area contributed by atoms with Gasteiger partial charge in [-0.1, -0.05) is 24.3 Å². The molecule has 0 bridgehead atoms. The third-order valence-corrected chi connectivity index (χ3v) is 2.90. The molecule has 1 aliphatic rings. The molecule has 0 aromatic heterocycles. The lowest BCUT2D eigenvalue weighted by Crippen LogP contribution is -2.21. The van der Waals surface area contributed by atoms with E-state index in [-0.39, 0.29) is 24.4 Å². The summed E-state index contributed by atoms with van der Waals surface area (Å²) in [5.41, 5.74) is 0. The van der Waals surface area contributed by atoms with Gasteiger partial charge in [0, 0.05) is 25.7 Å². The van der Waals surface area contributed by atoms with Crippen LogP contribution in [0.4, 0.5) is 0 Å².